The number of hydrogen-bond acceptors (Lipinski definition) is 4. The number of aromatic amines is 1. The number of nitrogens with one attached hydrogen (secondary N) is 2. The minimum absolute atomic E-state index is 0.0829. The van der Waals surface area contributed by atoms with Gasteiger partial charge in [-0.3, -0.25) is 19.5 Å². The maximum Gasteiger partial charge on any atom is 0.273 e. The number of aromatic nitrogens is 2. The number of amides is 1. The van der Waals surface area contributed by atoms with Gasteiger partial charge in [-0.05, 0) is 37.6 Å². The van der Waals surface area contributed by atoms with E-state index in [2.05, 4.69) is 10.4 Å². The number of carbonyl (C=O) groups is 1. The molecule has 1 atom stereocenters. The van der Waals surface area contributed by atoms with Crippen molar-refractivity contribution >= 4 is 16.7 Å². The minimum Gasteiger partial charge on any atom is -0.469 e. The zero-order valence-corrected chi connectivity index (χ0v) is 13.8. The summed E-state index contributed by atoms with van der Waals surface area (Å²) in [7, 11) is 0. The van der Waals surface area contributed by atoms with Gasteiger partial charge in [-0.2, -0.15) is 0 Å². The Kier molecular flexibility index (Phi) is 4.83. The largest absolute Gasteiger partial charge is 0.469 e. The number of nitrogens with zero attached hydrogens (tertiary/aromatic N) is 1. The molecule has 2 heterocycles. The van der Waals surface area contributed by atoms with Crippen LogP contribution >= 0.6 is 0 Å². The summed E-state index contributed by atoms with van der Waals surface area (Å²) in [5.41, 5.74) is -0.789. The van der Waals surface area contributed by atoms with Crippen molar-refractivity contribution in [3.05, 3.63) is 69.1 Å². The van der Waals surface area contributed by atoms with Crippen molar-refractivity contribution < 1.29 is 9.21 Å². The first-order valence-corrected chi connectivity index (χ1v) is 8.08. The molecular weight excluding hydrogens is 322 g/mol. The topological polar surface area (TPSA) is 97.1 Å². The molecule has 0 bridgehead atoms. The van der Waals surface area contributed by atoms with Gasteiger partial charge in [0.15, 0.2) is 0 Å². The molecule has 0 saturated carbocycles. The molecule has 7 heteroatoms. The highest BCUT2D eigenvalue weighted by molar-refractivity contribution is 5.81. The van der Waals surface area contributed by atoms with Crippen molar-refractivity contribution in [1.29, 1.82) is 0 Å². The van der Waals surface area contributed by atoms with Crippen LogP contribution in [0.1, 0.15) is 19.1 Å². The number of fused-ring (bicyclic) bond motifs is 1. The Morgan fingerprint density at radius 2 is 1.96 bits per heavy atom. The van der Waals surface area contributed by atoms with Gasteiger partial charge < -0.3 is 9.73 Å². The zero-order valence-electron chi connectivity index (χ0n) is 13.8. The molecule has 3 aromatic rings. The third-order valence-corrected chi connectivity index (χ3v) is 4.00. The van der Waals surface area contributed by atoms with E-state index >= 15 is 0 Å². The predicted octanol–water partition coefficient (Wildman–Crippen LogP) is 1.42. The van der Waals surface area contributed by atoms with Gasteiger partial charge in [-0.25, -0.2) is 4.68 Å². The molecule has 0 unspecified atom stereocenters. The summed E-state index contributed by atoms with van der Waals surface area (Å²) in [5.74, 6) is 0.524. The summed E-state index contributed by atoms with van der Waals surface area (Å²) in [6.45, 7) is 1.65. The fourth-order valence-electron chi connectivity index (χ4n) is 2.71. The Morgan fingerprint density at radius 3 is 2.68 bits per heavy atom. The van der Waals surface area contributed by atoms with Gasteiger partial charge >= 0.3 is 0 Å². The van der Waals surface area contributed by atoms with Gasteiger partial charge in [-0.1, -0.05) is 12.1 Å². The molecule has 130 valence electrons. The van der Waals surface area contributed by atoms with E-state index in [1.54, 1.807) is 30.5 Å². The molecule has 0 radical (unpaired) electrons. The van der Waals surface area contributed by atoms with Gasteiger partial charge in [0.1, 0.15) is 12.3 Å². The zero-order chi connectivity index (χ0) is 17.8. The molecule has 25 heavy (non-hydrogen) atoms. The highest BCUT2D eigenvalue weighted by Crippen LogP contribution is 2.06. The van der Waals surface area contributed by atoms with Crippen LogP contribution in [0.15, 0.2) is 56.7 Å². The van der Waals surface area contributed by atoms with E-state index in [0.29, 0.717) is 23.6 Å². The van der Waals surface area contributed by atoms with Crippen LogP contribution in [0.3, 0.4) is 0 Å². The van der Waals surface area contributed by atoms with Crippen molar-refractivity contribution in [1.82, 2.24) is 15.1 Å². The minimum atomic E-state index is -0.395. The Balaban J connectivity index is 1.66. The molecule has 1 aromatic carbocycles. The van der Waals surface area contributed by atoms with Gasteiger partial charge in [0, 0.05) is 12.5 Å². The summed E-state index contributed by atoms with van der Waals surface area (Å²) in [6, 6.07) is 10.2. The van der Waals surface area contributed by atoms with Crippen molar-refractivity contribution in [3.63, 3.8) is 0 Å². The van der Waals surface area contributed by atoms with Crippen LogP contribution in [-0.2, 0) is 17.8 Å². The molecular formula is C18H19N3O4. The number of carbonyl (C=O) groups excluding carboxylic acids is 1. The number of H-pyrrole nitrogens is 1. The molecule has 0 aliphatic rings. The van der Waals surface area contributed by atoms with Crippen molar-refractivity contribution in [3.8, 4) is 0 Å². The Morgan fingerprint density at radius 1 is 1.20 bits per heavy atom. The van der Waals surface area contributed by atoms with E-state index in [9.17, 15) is 14.4 Å². The first-order valence-electron chi connectivity index (χ1n) is 8.08. The lowest BCUT2D eigenvalue weighted by Crippen LogP contribution is -2.40. The first-order chi connectivity index (χ1) is 12.0. The Hall–Kier alpha value is -3.09. The summed E-state index contributed by atoms with van der Waals surface area (Å²) in [4.78, 5) is 36.6. The average Bonchev–Trinajstić information content (AvgIpc) is 3.11. The summed E-state index contributed by atoms with van der Waals surface area (Å²) in [6.07, 6.45) is 3.03. The van der Waals surface area contributed by atoms with E-state index in [4.69, 9.17) is 4.42 Å². The second-order valence-corrected chi connectivity index (χ2v) is 5.96. The highest BCUT2D eigenvalue weighted by Gasteiger charge is 2.12. The summed E-state index contributed by atoms with van der Waals surface area (Å²) < 4.78 is 6.30. The molecule has 0 saturated heterocycles. The number of aryl methyl sites for hydroxylation is 1. The molecule has 2 aromatic heterocycles. The van der Waals surface area contributed by atoms with E-state index < -0.39 is 11.1 Å². The van der Waals surface area contributed by atoms with Gasteiger partial charge in [0.25, 0.3) is 11.1 Å². The molecule has 0 aliphatic heterocycles. The van der Waals surface area contributed by atoms with E-state index in [1.165, 1.54) is 0 Å². The van der Waals surface area contributed by atoms with Crippen LogP contribution in [0.25, 0.3) is 10.8 Å². The number of hydrogen-bond donors (Lipinski definition) is 2. The SMILES string of the molecule is C[C@@H](CCc1ccco1)NC(=O)Cn1[nH]c(=O)c2ccccc2c1=O. The average molecular weight is 341 g/mol. The third-order valence-electron chi connectivity index (χ3n) is 4.00. The Labute approximate surface area is 143 Å². The standard InChI is InChI=1S/C18H19N3O4/c1-12(8-9-13-5-4-10-25-13)19-16(22)11-21-18(24)15-7-3-2-6-14(15)17(23)20-21/h2-7,10,12H,8-9,11H2,1H3,(H,19,22)(H,20,23)/t12-/m0/s1. The summed E-state index contributed by atoms with van der Waals surface area (Å²) >= 11 is 0. The lowest BCUT2D eigenvalue weighted by molar-refractivity contribution is -0.122. The Bertz CT molecular complexity index is 985. The van der Waals surface area contributed by atoms with Crippen molar-refractivity contribution in [2.45, 2.75) is 32.4 Å². The van der Waals surface area contributed by atoms with E-state index in [1.807, 2.05) is 19.1 Å². The van der Waals surface area contributed by atoms with Gasteiger partial charge in [0.2, 0.25) is 5.91 Å². The normalized spacial score (nSPS) is 12.2. The third kappa shape index (κ3) is 3.88. The molecule has 2 N–H and O–H groups in total. The molecule has 0 spiro atoms. The fourth-order valence-corrected chi connectivity index (χ4v) is 2.71. The van der Waals surface area contributed by atoms with Crippen LogP contribution in [-0.4, -0.2) is 21.7 Å². The lowest BCUT2D eigenvalue weighted by atomic mass is 10.1. The summed E-state index contributed by atoms with van der Waals surface area (Å²) in [5, 5.41) is 5.89. The number of benzene rings is 1. The fraction of sp³-hybridized carbons (Fsp3) is 0.278. The maximum absolute atomic E-state index is 12.4. The van der Waals surface area contributed by atoms with Crippen LogP contribution in [0.5, 0.6) is 0 Å². The maximum atomic E-state index is 12.4. The molecule has 1 amide bonds. The van der Waals surface area contributed by atoms with Crippen molar-refractivity contribution in [2.24, 2.45) is 0 Å². The van der Waals surface area contributed by atoms with Crippen LogP contribution < -0.4 is 16.4 Å². The molecule has 7 nitrogen and oxygen atoms in total. The second-order valence-electron chi connectivity index (χ2n) is 5.96. The molecule has 0 fully saturated rings. The second kappa shape index (κ2) is 7.21. The van der Waals surface area contributed by atoms with Gasteiger partial charge in [0.05, 0.1) is 17.0 Å². The number of rotatable bonds is 6. The first kappa shape index (κ1) is 16.8. The van der Waals surface area contributed by atoms with E-state index in [-0.39, 0.29) is 18.5 Å². The molecule has 3 rings (SSSR count). The smallest absolute Gasteiger partial charge is 0.273 e. The quantitative estimate of drug-likeness (QED) is 0.708. The lowest BCUT2D eigenvalue weighted by Gasteiger charge is -2.14. The van der Waals surface area contributed by atoms with Crippen LogP contribution in [0.4, 0.5) is 0 Å². The van der Waals surface area contributed by atoms with Gasteiger partial charge in [-0.15, -0.1) is 0 Å². The highest BCUT2D eigenvalue weighted by atomic mass is 16.3. The number of furan rings is 1. The van der Waals surface area contributed by atoms with Crippen LogP contribution in [0, 0.1) is 0 Å². The monoisotopic (exact) mass is 341 g/mol. The van der Waals surface area contributed by atoms with Crippen molar-refractivity contribution in [2.75, 3.05) is 0 Å². The predicted molar refractivity (Wildman–Crippen MR) is 93.5 cm³/mol. The van der Waals surface area contributed by atoms with Crippen LogP contribution in [0.2, 0.25) is 0 Å². The molecule has 0 aliphatic carbocycles. The van der Waals surface area contributed by atoms with E-state index in [0.717, 1.165) is 10.4 Å².